The number of H-pyrrole nitrogens is 1. The average molecular weight is 258 g/mol. The van der Waals surface area contributed by atoms with Crippen LogP contribution >= 0.6 is 0 Å². The summed E-state index contributed by atoms with van der Waals surface area (Å²) in [5.74, 6) is 0.419. The Morgan fingerprint density at radius 1 is 1.47 bits per heavy atom. The first kappa shape index (κ1) is 12.2. The zero-order valence-electron chi connectivity index (χ0n) is 11.0. The van der Waals surface area contributed by atoms with Gasteiger partial charge in [-0.25, -0.2) is 0 Å². The first-order valence-electron chi connectivity index (χ1n) is 6.70. The third-order valence-corrected chi connectivity index (χ3v) is 3.85. The molecule has 100 valence electrons. The molecule has 2 atom stereocenters. The van der Waals surface area contributed by atoms with Gasteiger partial charge in [0.2, 0.25) is 0 Å². The molecule has 19 heavy (non-hydrogen) atoms. The van der Waals surface area contributed by atoms with Gasteiger partial charge in [-0.1, -0.05) is 0 Å². The number of hydrogen-bond donors (Lipinski definition) is 2. The molecule has 3 rings (SSSR count). The Balaban J connectivity index is 1.71. The number of nitrogens with one attached hydrogen (secondary N) is 2. The first-order chi connectivity index (χ1) is 9.24. The number of rotatable bonds is 3. The second kappa shape index (κ2) is 5.05. The van der Waals surface area contributed by atoms with Crippen molar-refractivity contribution in [3.05, 3.63) is 36.0 Å². The van der Waals surface area contributed by atoms with Crippen LogP contribution in [0.25, 0.3) is 10.9 Å². The molecule has 0 bridgehead atoms. The molecule has 1 fully saturated rings. The van der Waals surface area contributed by atoms with Crippen molar-refractivity contribution in [2.24, 2.45) is 5.92 Å². The van der Waals surface area contributed by atoms with Crippen molar-refractivity contribution in [2.75, 3.05) is 13.2 Å². The molecular weight excluding hydrogens is 240 g/mol. The third-order valence-electron chi connectivity index (χ3n) is 3.85. The Hall–Kier alpha value is -1.81. The molecule has 1 amide bonds. The number of fused-ring (bicyclic) bond motifs is 1. The number of benzene rings is 1. The minimum absolute atomic E-state index is 0.0116. The monoisotopic (exact) mass is 258 g/mol. The number of amides is 1. The molecule has 0 radical (unpaired) electrons. The van der Waals surface area contributed by atoms with Gasteiger partial charge in [-0.15, -0.1) is 0 Å². The number of carbonyl (C=O) groups is 1. The van der Waals surface area contributed by atoms with Gasteiger partial charge >= 0.3 is 0 Å². The van der Waals surface area contributed by atoms with Crippen molar-refractivity contribution in [3.8, 4) is 0 Å². The van der Waals surface area contributed by atoms with Gasteiger partial charge < -0.3 is 15.0 Å². The van der Waals surface area contributed by atoms with Crippen molar-refractivity contribution in [3.63, 3.8) is 0 Å². The molecule has 0 saturated carbocycles. The van der Waals surface area contributed by atoms with E-state index in [0.29, 0.717) is 11.5 Å². The Bertz CT molecular complexity index is 585. The molecule has 1 aromatic carbocycles. The van der Waals surface area contributed by atoms with Crippen LogP contribution in [0.4, 0.5) is 0 Å². The standard InChI is InChI=1S/C15H18N2O2/c1-10(13-5-7-19-9-13)17-15(18)12-2-3-14-11(8-12)4-6-16-14/h2-4,6,8,10,13,16H,5,7,9H2,1H3,(H,17,18). The van der Waals surface area contributed by atoms with E-state index in [4.69, 9.17) is 4.74 Å². The summed E-state index contributed by atoms with van der Waals surface area (Å²) in [6, 6.07) is 7.83. The molecule has 1 aliphatic rings. The lowest BCUT2D eigenvalue weighted by atomic mass is 10.0. The summed E-state index contributed by atoms with van der Waals surface area (Å²) in [4.78, 5) is 15.3. The van der Waals surface area contributed by atoms with E-state index in [1.807, 2.05) is 37.4 Å². The van der Waals surface area contributed by atoms with Crippen LogP contribution in [0.2, 0.25) is 0 Å². The van der Waals surface area contributed by atoms with Gasteiger partial charge in [0, 0.05) is 41.2 Å². The quantitative estimate of drug-likeness (QED) is 0.887. The minimum atomic E-state index is -0.0116. The fraction of sp³-hybridized carbons (Fsp3) is 0.400. The van der Waals surface area contributed by atoms with Gasteiger partial charge in [-0.2, -0.15) is 0 Å². The summed E-state index contributed by atoms with van der Waals surface area (Å²) in [6.45, 7) is 3.60. The first-order valence-corrected chi connectivity index (χ1v) is 6.70. The van der Waals surface area contributed by atoms with Crippen molar-refractivity contribution in [2.45, 2.75) is 19.4 Å². The summed E-state index contributed by atoms with van der Waals surface area (Å²) in [5, 5.41) is 4.13. The molecule has 2 unspecified atom stereocenters. The van der Waals surface area contributed by atoms with E-state index in [0.717, 1.165) is 30.5 Å². The summed E-state index contributed by atoms with van der Waals surface area (Å²) in [7, 11) is 0. The molecule has 1 aromatic heterocycles. The summed E-state index contributed by atoms with van der Waals surface area (Å²) in [6.07, 6.45) is 2.91. The highest BCUT2D eigenvalue weighted by Gasteiger charge is 2.23. The molecule has 1 saturated heterocycles. The predicted octanol–water partition coefficient (Wildman–Crippen LogP) is 2.32. The second-order valence-electron chi connectivity index (χ2n) is 5.17. The highest BCUT2D eigenvalue weighted by Crippen LogP contribution is 2.18. The fourth-order valence-electron chi connectivity index (χ4n) is 2.55. The van der Waals surface area contributed by atoms with Gasteiger partial charge in [0.05, 0.1) is 6.61 Å². The second-order valence-corrected chi connectivity index (χ2v) is 5.17. The van der Waals surface area contributed by atoms with Crippen molar-refractivity contribution >= 4 is 16.8 Å². The molecule has 4 heteroatoms. The van der Waals surface area contributed by atoms with Gasteiger partial charge in [0.1, 0.15) is 0 Å². The average Bonchev–Trinajstić information content (AvgIpc) is 3.09. The molecule has 0 aliphatic carbocycles. The van der Waals surface area contributed by atoms with Crippen LogP contribution in [-0.2, 0) is 4.74 Å². The van der Waals surface area contributed by atoms with Crippen molar-refractivity contribution < 1.29 is 9.53 Å². The Kier molecular flexibility index (Phi) is 3.25. The zero-order valence-corrected chi connectivity index (χ0v) is 11.0. The Labute approximate surface area is 112 Å². The summed E-state index contributed by atoms with van der Waals surface area (Å²) >= 11 is 0. The highest BCUT2D eigenvalue weighted by molar-refractivity contribution is 5.98. The van der Waals surface area contributed by atoms with Crippen LogP contribution in [0.3, 0.4) is 0 Å². The minimum Gasteiger partial charge on any atom is -0.381 e. The van der Waals surface area contributed by atoms with E-state index < -0.39 is 0 Å². The van der Waals surface area contributed by atoms with Crippen LogP contribution in [0.15, 0.2) is 30.5 Å². The van der Waals surface area contributed by atoms with E-state index in [1.54, 1.807) is 0 Å². The van der Waals surface area contributed by atoms with Crippen LogP contribution in [0.1, 0.15) is 23.7 Å². The highest BCUT2D eigenvalue weighted by atomic mass is 16.5. The Morgan fingerprint density at radius 3 is 3.16 bits per heavy atom. The fourth-order valence-corrected chi connectivity index (χ4v) is 2.55. The lowest BCUT2D eigenvalue weighted by Crippen LogP contribution is -2.38. The van der Waals surface area contributed by atoms with Gasteiger partial charge in [-0.05, 0) is 37.6 Å². The molecule has 4 nitrogen and oxygen atoms in total. The largest absolute Gasteiger partial charge is 0.381 e. The van der Waals surface area contributed by atoms with Crippen LogP contribution < -0.4 is 5.32 Å². The van der Waals surface area contributed by atoms with E-state index in [9.17, 15) is 4.79 Å². The van der Waals surface area contributed by atoms with Gasteiger partial charge in [0.15, 0.2) is 0 Å². The molecular formula is C15H18N2O2. The molecule has 0 spiro atoms. The molecule has 2 heterocycles. The number of aromatic amines is 1. The van der Waals surface area contributed by atoms with Crippen LogP contribution in [0, 0.1) is 5.92 Å². The predicted molar refractivity (Wildman–Crippen MR) is 74.2 cm³/mol. The van der Waals surface area contributed by atoms with Gasteiger partial charge in [-0.3, -0.25) is 4.79 Å². The lowest BCUT2D eigenvalue weighted by molar-refractivity contribution is 0.0922. The van der Waals surface area contributed by atoms with Crippen molar-refractivity contribution in [1.82, 2.24) is 10.3 Å². The van der Waals surface area contributed by atoms with Crippen molar-refractivity contribution in [1.29, 1.82) is 0 Å². The van der Waals surface area contributed by atoms with E-state index in [2.05, 4.69) is 10.3 Å². The third kappa shape index (κ3) is 2.49. The number of hydrogen-bond acceptors (Lipinski definition) is 2. The Morgan fingerprint density at radius 2 is 2.37 bits per heavy atom. The van der Waals surface area contributed by atoms with E-state index >= 15 is 0 Å². The van der Waals surface area contributed by atoms with Crippen LogP contribution in [-0.4, -0.2) is 30.1 Å². The molecule has 2 aromatic rings. The van der Waals surface area contributed by atoms with Crippen LogP contribution in [0.5, 0.6) is 0 Å². The molecule has 1 aliphatic heterocycles. The maximum Gasteiger partial charge on any atom is 0.251 e. The number of ether oxygens (including phenoxy) is 1. The normalized spacial score (nSPS) is 20.6. The SMILES string of the molecule is CC(NC(=O)c1ccc2[nH]ccc2c1)C1CCOC1. The summed E-state index contributed by atoms with van der Waals surface area (Å²) in [5.41, 5.74) is 1.76. The smallest absolute Gasteiger partial charge is 0.251 e. The maximum atomic E-state index is 12.2. The number of aromatic nitrogens is 1. The topological polar surface area (TPSA) is 54.1 Å². The maximum absolute atomic E-state index is 12.2. The zero-order chi connectivity index (χ0) is 13.2. The van der Waals surface area contributed by atoms with E-state index in [-0.39, 0.29) is 11.9 Å². The molecule has 2 N–H and O–H groups in total. The summed E-state index contributed by atoms with van der Waals surface area (Å²) < 4.78 is 5.36. The lowest BCUT2D eigenvalue weighted by Gasteiger charge is -2.19. The van der Waals surface area contributed by atoms with E-state index in [1.165, 1.54) is 0 Å². The van der Waals surface area contributed by atoms with Gasteiger partial charge in [0.25, 0.3) is 5.91 Å². The number of carbonyl (C=O) groups excluding carboxylic acids is 1.